The third-order valence-corrected chi connectivity index (χ3v) is 3.99. The summed E-state index contributed by atoms with van der Waals surface area (Å²) in [5.74, 6) is -2.12. The average Bonchev–Trinajstić information content (AvgIpc) is 2.40. The van der Waals surface area contributed by atoms with Crippen LogP contribution in [0.25, 0.3) is 0 Å². The molecule has 0 radical (unpaired) electrons. The summed E-state index contributed by atoms with van der Waals surface area (Å²) in [7, 11) is -4.29. The minimum absolute atomic E-state index is 0.0129. The van der Waals surface area contributed by atoms with E-state index in [1.165, 1.54) is 18.2 Å². The van der Waals surface area contributed by atoms with Gasteiger partial charge in [0.2, 0.25) is 0 Å². The highest BCUT2D eigenvalue weighted by Gasteiger charge is 2.21. The number of hydrogen-bond acceptors (Lipinski definition) is 4. The summed E-state index contributed by atoms with van der Waals surface area (Å²) in [4.78, 5) is -0.718. The fourth-order valence-electron chi connectivity index (χ4n) is 1.64. The predicted molar refractivity (Wildman–Crippen MR) is 72.7 cm³/mol. The van der Waals surface area contributed by atoms with Crippen LogP contribution in [-0.2, 0) is 10.0 Å². The zero-order valence-electron chi connectivity index (χ0n) is 10.5. The molecule has 0 saturated carbocycles. The average molecular weight is 309 g/mol. The molecule has 2 aromatic carbocycles. The van der Waals surface area contributed by atoms with Gasteiger partial charge in [-0.15, -0.1) is 0 Å². The Hall–Kier alpha value is -2.66. The van der Waals surface area contributed by atoms with Crippen LogP contribution in [0.15, 0.2) is 41.3 Å². The van der Waals surface area contributed by atoms with Crippen LogP contribution in [0.3, 0.4) is 0 Å². The largest absolute Gasteiger partial charge is 0.399 e. The van der Waals surface area contributed by atoms with Gasteiger partial charge in [-0.1, -0.05) is 0 Å². The van der Waals surface area contributed by atoms with Crippen LogP contribution >= 0.6 is 0 Å². The van der Waals surface area contributed by atoms with Crippen molar-refractivity contribution in [3.63, 3.8) is 0 Å². The highest BCUT2D eigenvalue weighted by molar-refractivity contribution is 7.92. The van der Waals surface area contributed by atoms with E-state index in [-0.39, 0.29) is 16.9 Å². The van der Waals surface area contributed by atoms with Gasteiger partial charge in [0, 0.05) is 11.8 Å². The number of benzene rings is 2. The zero-order valence-corrected chi connectivity index (χ0v) is 11.3. The molecule has 0 bridgehead atoms. The van der Waals surface area contributed by atoms with Gasteiger partial charge in [-0.3, -0.25) is 4.72 Å². The first-order chi connectivity index (χ1) is 9.83. The van der Waals surface area contributed by atoms with E-state index in [9.17, 15) is 17.2 Å². The second-order valence-electron chi connectivity index (χ2n) is 4.10. The van der Waals surface area contributed by atoms with Crippen LogP contribution in [-0.4, -0.2) is 8.42 Å². The van der Waals surface area contributed by atoms with Crippen molar-refractivity contribution in [2.24, 2.45) is 0 Å². The van der Waals surface area contributed by atoms with Crippen LogP contribution in [0.5, 0.6) is 0 Å². The monoisotopic (exact) mass is 309 g/mol. The molecule has 0 unspecified atom stereocenters. The van der Waals surface area contributed by atoms with E-state index in [4.69, 9.17) is 11.0 Å². The Labute approximate surface area is 119 Å². The van der Waals surface area contributed by atoms with Gasteiger partial charge in [-0.25, -0.2) is 17.2 Å². The van der Waals surface area contributed by atoms with E-state index < -0.39 is 26.6 Å². The maximum atomic E-state index is 13.6. The lowest BCUT2D eigenvalue weighted by Crippen LogP contribution is -2.15. The molecule has 8 heteroatoms. The molecule has 0 amide bonds. The summed E-state index contributed by atoms with van der Waals surface area (Å²) >= 11 is 0. The number of sulfonamides is 1. The number of anilines is 2. The number of halogens is 2. The van der Waals surface area contributed by atoms with Crippen molar-refractivity contribution < 1.29 is 17.2 Å². The molecular weight excluding hydrogens is 300 g/mol. The summed E-state index contributed by atoms with van der Waals surface area (Å²) in [5.41, 5.74) is 5.71. The molecule has 108 valence electrons. The molecule has 0 saturated heterocycles. The third-order valence-electron chi connectivity index (χ3n) is 2.59. The first-order valence-corrected chi connectivity index (χ1v) is 7.09. The lowest BCUT2D eigenvalue weighted by molar-refractivity contribution is 0.551. The van der Waals surface area contributed by atoms with Crippen LogP contribution in [0.1, 0.15) is 5.56 Å². The molecule has 5 nitrogen and oxygen atoms in total. The number of nitrogen functional groups attached to an aromatic ring is 1. The van der Waals surface area contributed by atoms with E-state index >= 15 is 0 Å². The Morgan fingerprint density at radius 3 is 2.48 bits per heavy atom. The fourth-order valence-corrected chi connectivity index (χ4v) is 2.78. The summed E-state index contributed by atoms with van der Waals surface area (Å²) in [6, 6.07) is 7.81. The van der Waals surface area contributed by atoms with E-state index in [1.807, 2.05) is 0 Å². The van der Waals surface area contributed by atoms with Crippen molar-refractivity contribution in [3.8, 4) is 6.07 Å². The van der Waals surface area contributed by atoms with E-state index in [0.29, 0.717) is 6.07 Å². The molecule has 0 atom stereocenters. The number of hydrogen-bond donors (Lipinski definition) is 2. The van der Waals surface area contributed by atoms with Crippen LogP contribution in [0.2, 0.25) is 0 Å². The quantitative estimate of drug-likeness (QED) is 0.850. The molecular formula is C13H9F2N3O2S. The zero-order chi connectivity index (χ0) is 15.6. The maximum absolute atomic E-state index is 13.6. The SMILES string of the molecule is N#Cc1cc(N)ccc1NS(=O)(=O)c1ccc(F)cc1F. The second-order valence-corrected chi connectivity index (χ2v) is 5.75. The minimum Gasteiger partial charge on any atom is -0.399 e. The van der Waals surface area contributed by atoms with Crippen molar-refractivity contribution in [1.29, 1.82) is 5.26 Å². The molecule has 0 heterocycles. The number of nitrogens with zero attached hydrogens (tertiary/aromatic N) is 1. The van der Waals surface area contributed by atoms with Crippen molar-refractivity contribution in [1.82, 2.24) is 0 Å². The van der Waals surface area contributed by atoms with Gasteiger partial charge in [-0.05, 0) is 30.3 Å². The van der Waals surface area contributed by atoms with Gasteiger partial charge >= 0.3 is 0 Å². The van der Waals surface area contributed by atoms with Crippen molar-refractivity contribution >= 4 is 21.4 Å². The van der Waals surface area contributed by atoms with Crippen molar-refractivity contribution in [3.05, 3.63) is 53.6 Å². The van der Waals surface area contributed by atoms with Crippen molar-refractivity contribution in [2.75, 3.05) is 10.5 Å². The summed E-state index contributed by atoms with van der Waals surface area (Å²) in [5, 5.41) is 8.94. The van der Waals surface area contributed by atoms with Crippen LogP contribution < -0.4 is 10.5 Å². The smallest absolute Gasteiger partial charge is 0.264 e. The molecule has 21 heavy (non-hydrogen) atoms. The first kappa shape index (κ1) is 14.7. The molecule has 0 aromatic heterocycles. The molecule has 2 aromatic rings. The highest BCUT2D eigenvalue weighted by Crippen LogP contribution is 2.23. The topological polar surface area (TPSA) is 96.0 Å². The lowest BCUT2D eigenvalue weighted by atomic mass is 10.2. The Morgan fingerprint density at radius 1 is 1.14 bits per heavy atom. The highest BCUT2D eigenvalue weighted by atomic mass is 32.2. The van der Waals surface area contributed by atoms with E-state index in [1.54, 1.807) is 6.07 Å². The maximum Gasteiger partial charge on any atom is 0.264 e. The van der Waals surface area contributed by atoms with Gasteiger partial charge in [0.15, 0.2) is 0 Å². The second kappa shape index (κ2) is 5.38. The van der Waals surface area contributed by atoms with Crippen LogP contribution in [0.4, 0.5) is 20.2 Å². The molecule has 0 spiro atoms. The van der Waals surface area contributed by atoms with Gasteiger partial charge in [-0.2, -0.15) is 5.26 Å². The predicted octanol–water partition coefficient (Wildman–Crippen LogP) is 2.22. The molecule has 0 aliphatic carbocycles. The molecule has 0 aliphatic heterocycles. The van der Waals surface area contributed by atoms with Crippen LogP contribution in [0, 0.1) is 23.0 Å². The first-order valence-electron chi connectivity index (χ1n) is 5.61. The molecule has 0 aliphatic rings. The summed E-state index contributed by atoms with van der Waals surface area (Å²) < 4.78 is 52.6. The Balaban J connectivity index is 2.45. The minimum atomic E-state index is -4.29. The molecule has 3 N–H and O–H groups in total. The Bertz CT molecular complexity index is 845. The normalized spacial score (nSPS) is 10.9. The third kappa shape index (κ3) is 3.09. The number of nitriles is 1. The van der Waals surface area contributed by atoms with Crippen molar-refractivity contribution in [2.45, 2.75) is 4.90 Å². The molecule has 2 rings (SSSR count). The lowest BCUT2D eigenvalue weighted by Gasteiger charge is -2.10. The van der Waals surface area contributed by atoms with Gasteiger partial charge in [0.05, 0.1) is 11.3 Å². The van der Waals surface area contributed by atoms with E-state index in [0.717, 1.165) is 12.1 Å². The fraction of sp³-hybridized carbons (Fsp3) is 0. The standard InChI is InChI=1S/C13H9F2N3O2S/c14-9-1-4-13(11(15)6-9)21(19,20)18-12-3-2-10(17)5-8(12)7-16/h1-6,18H,17H2. The Morgan fingerprint density at radius 2 is 1.86 bits per heavy atom. The molecule has 0 fully saturated rings. The van der Waals surface area contributed by atoms with Gasteiger partial charge in [0.1, 0.15) is 22.6 Å². The number of rotatable bonds is 3. The summed E-state index contributed by atoms with van der Waals surface area (Å²) in [6.45, 7) is 0. The number of nitrogens with two attached hydrogens (primary N) is 1. The van der Waals surface area contributed by atoms with Gasteiger partial charge < -0.3 is 5.73 Å². The Kier molecular flexibility index (Phi) is 3.78. The van der Waals surface area contributed by atoms with E-state index in [2.05, 4.69) is 4.72 Å². The number of nitrogens with one attached hydrogen (secondary N) is 1. The summed E-state index contributed by atoms with van der Waals surface area (Å²) in [6.07, 6.45) is 0. The van der Waals surface area contributed by atoms with Gasteiger partial charge in [0.25, 0.3) is 10.0 Å².